The normalized spacial score (nSPS) is 16.1. The number of hydrogen-bond acceptors (Lipinski definition) is 3. The highest BCUT2D eigenvalue weighted by Crippen LogP contribution is 2.33. The van der Waals surface area contributed by atoms with E-state index in [9.17, 15) is 5.11 Å². The van der Waals surface area contributed by atoms with Crippen LogP contribution in [0.25, 0.3) is 0 Å². The third kappa shape index (κ3) is 3.89. The van der Waals surface area contributed by atoms with Crippen LogP contribution in [0.5, 0.6) is 5.75 Å². The van der Waals surface area contributed by atoms with Crippen molar-refractivity contribution in [1.29, 1.82) is 0 Å². The zero-order chi connectivity index (χ0) is 14.5. The van der Waals surface area contributed by atoms with Crippen LogP contribution in [0.3, 0.4) is 0 Å². The predicted octanol–water partition coefficient (Wildman–Crippen LogP) is 3.69. The van der Waals surface area contributed by atoms with Crippen LogP contribution in [-0.4, -0.2) is 24.7 Å². The van der Waals surface area contributed by atoms with E-state index in [1.165, 1.54) is 12.8 Å². The molecule has 1 atom stereocenters. The zero-order valence-corrected chi connectivity index (χ0v) is 13.0. The highest BCUT2D eigenvalue weighted by molar-refractivity contribution is 5.54. The average Bonchev–Trinajstić information content (AvgIpc) is 3.26. The molecule has 1 unspecified atom stereocenters. The van der Waals surface area contributed by atoms with Crippen molar-refractivity contribution in [2.24, 2.45) is 5.92 Å². The summed E-state index contributed by atoms with van der Waals surface area (Å²) in [7, 11) is 0. The van der Waals surface area contributed by atoms with Crippen LogP contribution >= 0.6 is 0 Å². The summed E-state index contributed by atoms with van der Waals surface area (Å²) < 4.78 is 0. The van der Waals surface area contributed by atoms with Crippen LogP contribution < -0.4 is 10.2 Å². The van der Waals surface area contributed by atoms with Gasteiger partial charge in [-0.3, -0.25) is 0 Å². The molecule has 0 heterocycles. The van der Waals surface area contributed by atoms with Gasteiger partial charge >= 0.3 is 0 Å². The second kappa shape index (κ2) is 6.98. The lowest BCUT2D eigenvalue weighted by Gasteiger charge is -2.24. The predicted molar refractivity (Wildman–Crippen MR) is 85.4 cm³/mol. The van der Waals surface area contributed by atoms with Crippen LogP contribution in [0.2, 0.25) is 0 Å². The molecule has 0 aromatic heterocycles. The Morgan fingerprint density at radius 2 is 2.10 bits per heavy atom. The van der Waals surface area contributed by atoms with Crippen molar-refractivity contribution >= 4 is 5.69 Å². The average molecular weight is 276 g/mol. The molecule has 2 rings (SSSR count). The quantitative estimate of drug-likeness (QED) is 0.760. The fourth-order valence-corrected chi connectivity index (χ4v) is 2.59. The van der Waals surface area contributed by atoms with E-state index in [0.29, 0.717) is 5.75 Å². The topological polar surface area (TPSA) is 35.5 Å². The van der Waals surface area contributed by atoms with E-state index in [-0.39, 0.29) is 6.04 Å². The number of hydrogen-bond donors (Lipinski definition) is 2. The third-order valence-corrected chi connectivity index (χ3v) is 4.10. The van der Waals surface area contributed by atoms with Crippen LogP contribution in [0.4, 0.5) is 5.69 Å². The lowest BCUT2D eigenvalue weighted by Crippen LogP contribution is -2.25. The molecular formula is C17H28N2O. The largest absolute Gasteiger partial charge is 0.508 e. The summed E-state index contributed by atoms with van der Waals surface area (Å²) in [5.74, 6) is 1.27. The Hall–Kier alpha value is -1.22. The van der Waals surface area contributed by atoms with Gasteiger partial charge in [0.15, 0.2) is 0 Å². The first kappa shape index (κ1) is 15.2. The number of aromatic hydroxyl groups is 1. The maximum absolute atomic E-state index is 10.3. The standard InChI is InChI=1S/C17H28N2O/c1-4-10-18-13(3)16-9-8-15(11-17(16)20)19(5-2)12-14-6-7-14/h8-9,11,13-14,18,20H,4-7,10,12H2,1-3H3. The van der Waals surface area contributed by atoms with Crippen molar-refractivity contribution in [3.05, 3.63) is 23.8 Å². The molecule has 0 amide bonds. The Morgan fingerprint density at radius 1 is 1.35 bits per heavy atom. The Morgan fingerprint density at radius 3 is 2.65 bits per heavy atom. The van der Waals surface area contributed by atoms with Crippen LogP contribution in [0.1, 0.15) is 51.6 Å². The van der Waals surface area contributed by atoms with E-state index in [4.69, 9.17) is 0 Å². The van der Waals surface area contributed by atoms with Gasteiger partial charge in [-0.15, -0.1) is 0 Å². The van der Waals surface area contributed by atoms with Gasteiger partial charge in [0.2, 0.25) is 0 Å². The third-order valence-electron chi connectivity index (χ3n) is 4.10. The van der Waals surface area contributed by atoms with Crippen molar-refractivity contribution in [3.8, 4) is 5.75 Å². The fourth-order valence-electron chi connectivity index (χ4n) is 2.59. The minimum absolute atomic E-state index is 0.197. The van der Waals surface area contributed by atoms with E-state index in [0.717, 1.165) is 43.2 Å². The van der Waals surface area contributed by atoms with Crippen LogP contribution in [0, 0.1) is 5.92 Å². The molecule has 1 aromatic carbocycles. The minimum atomic E-state index is 0.197. The van der Waals surface area contributed by atoms with E-state index in [1.54, 1.807) is 0 Å². The molecule has 0 saturated heterocycles. The molecule has 3 nitrogen and oxygen atoms in total. The number of benzene rings is 1. The second-order valence-electron chi connectivity index (χ2n) is 5.90. The molecule has 20 heavy (non-hydrogen) atoms. The summed E-state index contributed by atoms with van der Waals surface area (Å²) in [4.78, 5) is 2.37. The molecule has 0 radical (unpaired) electrons. The number of phenols is 1. The number of nitrogens with one attached hydrogen (secondary N) is 1. The maximum Gasteiger partial charge on any atom is 0.122 e. The first-order valence-electron chi connectivity index (χ1n) is 7.96. The number of nitrogens with zero attached hydrogens (tertiary/aromatic N) is 1. The molecule has 0 spiro atoms. The Labute approximate surface area is 123 Å². The van der Waals surface area contributed by atoms with Crippen LogP contribution in [0.15, 0.2) is 18.2 Å². The molecule has 1 aliphatic carbocycles. The summed E-state index contributed by atoms with van der Waals surface area (Å²) in [6, 6.07) is 6.33. The number of rotatable bonds is 8. The number of anilines is 1. The highest BCUT2D eigenvalue weighted by Gasteiger charge is 2.24. The van der Waals surface area contributed by atoms with Gasteiger partial charge in [-0.2, -0.15) is 0 Å². The first-order valence-corrected chi connectivity index (χ1v) is 7.96. The van der Waals surface area contributed by atoms with Crippen LogP contribution in [-0.2, 0) is 0 Å². The Bertz CT molecular complexity index is 429. The van der Waals surface area contributed by atoms with E-state index in [2.05, 4.69) is 43.1 Å². The molecule has 0 bridgehead atoms. The van der Waals surface area contributed by atoms with Gasteiger partial charge in [-0.1, -0.05) is 13.0 Å². The minimum Gasteiger partial charge on any atom is -0.508 e. The summed E-state index contributed by atoms with van der Waals surface area (Å²) in [5.41, 5.74) is 2.13. The molecular weight excluding hydrogens is 248 g/mol. The summed E-state index contributed by atoms with van der Waals surface area (Å²) in [6.45, 7) is 9.54. The molecule has 1 aromatic rings. The van der Waals surface area contributed by atoms with E-state index in [1.807, 2.05) is 6.07 Å². The van der Waals surface area contributed by atoms with Gasteiger partial charge < -0.3 is 15.3 Å². The lowest BCUT2D eigenvalue weighted by atomic mass is 10.1. The first-order chi connectivity index (χ1) is 9.65. The monoisotopic (exact) mass is 276 g/mol. The van der Waals surface area contributed by atoms with E-state index < -0.39 is 0 Å². The molecule has 112 valence electrons. The Kier molecular flexibility index (Phi) is 5.30. The second-order valence-corrected chi connectivity index (χ2v) is 5.90. The SMILES string of the molecule is CCCNC(C)c1ccc(N(CC)CC2CC2)cc1O. The molecule has 1 saturated carbocycles. The summed E-state index contributed by atoms with van der Waals surface area (Å²) in [5, 5.41) is 13.7. The fraction of sp³-hybridized carbons (Fsp3) is 0.647. The smallest absolute Gasteiger partial charge is 0.122 e. The zero-order valence-electron chi connectivity index (χ0n) is 13.0. The van der Waals surface area contributed by atoms with Crippen molar-refractivity contribution < 1.29 is 5.11 Å². The lowest BCUT2D eigenvalue weighted by molar-refractivity contribution is 0.452. The van der Waals surface area contributed by atoms with Gasteiger partial charge in [0.05, 0.1) is 0 Å². The highest BCUT2D eigenvalue weighted by atomic mass is 16.3. The molecule has 2 N–H and O–H groups in total. The van der Waals surface area contributed by atoms with Crippen molar-refractivity contribution in [2.45, 2.75) is 46.1 Å². The van der Waals surface area contributed by atoms with Crippen molar-refractivity contribution in [2.75, 3.05) is 24.5 Å². The molecule has 1 aliphatic rings. The van der Waals surface area contributed by atoms with Crippen molar-refractivity contribution in [1.82, 2.24) is 5.32 Å². The number of phenolic OH excluding ortho intramolecular Hbond substituents is 1. The molecule has 1 fully saturated rings. The van der Waals surface area contributed by atoms with Gasteiger partial charge in [0, 0.05) is 36.4 Å². The van der Waals surface area contributed by atoms with Gasteiger partial charge in [0.25, 0.3) is 0 Å². The molecule has 3 heteroatoms. The Balaban J connectivity index is 2.06. The van der Waals surface area contributed by atoms with Gasteiger partial charge in [-0.25, -0.2) is 0 Å². The van der Waals surface area contributed by atoms with E-state index >= 15 is 0 Å². The van der Waals surface area contributed by atoms with Gasteiger partial charge in [-0.05, 0) is 51.6 Å². The summed E-state index contributed by atoms with van der Waals surface area (Å²) >= 11 is 0. The van der Waals surface area contributed by atoms with Gasteiger partial charge in [0.1, 0.15) is 5.75 Å². The van der Waals surface area contributed by atoms with Crippen molar-refractivity contribution in [3.63, 3.8) is 0 Å². The summed E-state index contributed by atoms with van der Waals surface area (Å²) in [6.07, 6.45) is 3.82. The maximum atomic E-state index is 10.3. The molecule has 0 aliphatic heterocycles.